The second-order valence-electron chi connectivity index (χ2n) is 6.31. The molecule has 1 aliphatic rings. The molecule has 24 heavy (non-hydrogen) atoms. The van der Waals surface area contributed by atoms with E-state index >= 15 is 0 Å². The molecule has 4 heteroatoms. The maximum Gasteiger partial charge on any atom is 0.174 e. The van der Waals surface area contributed by atoms with Crippen LogP contribution in [-0.4, -0.2) is 16.6 Å². The van der Waals surface area contributed by atoms with E-state index in [0.717, 1.165) is 22.3 Å². The SMILES string of the molecule is Cc1cc(C)c(C2C(=O)C/C(=C\c3cccnc3Cl)C2=O)c(C)c1. The number of hydrogen-bond acceptors (Lipinski definition) is 3. The molecule has 1 aromatic carbocycles. The summed E-state index contributed by atoms with van der Waals surface area (Å²) in [6.45, 7) is 5.92. The summed E-state index contributed by atoms with van der Waals surface area (Å²) >= 11 is 6.06. The zero-order chi connectivity index (χ0) is 17.4. The van der Waals surface area contributed by atoms with Gasteiger partial charge in [0.15, 0.2) is 11.6 Å². The Morgan fingerprint density at radius 2 is 1.83 bits per heavy atom. The normalized spacial score (nSPS) is 19.3. The van der Waals surface area contributed by atoms with Crippen molar-refractivity contribution in [3.05, 3.63) is 69.0 Å². The number of aryl methyl sites for hydroxylation is 3. The molecule has 0 saturated heterocycles. The van der Waals surface area contributed by atoms with E-state index in [0.29, 0.717) is 16.3 Å². The third-order valence-electron chi connectivity index (χ3n) is 4.41. The number of aromatic nitrogens is 1. The summed E-state index contributed by atoms with van der Waals surface area (Å²) in [4.78, 5) is 29.4. The van der Waals surface area contributed by atoms with E-state index < -0.39 is 5.92 Å². The Labute approximate surface area is 146 Å². The minimum absolute atomic E-state index is 0.0543. The third-order valence-corrected chi connectivity index (χ3v) is 4.73. The molecule has 122 valence electrons. The topological polar surface area (TPSA) is 47.0 Å². The van der Waals surface area contributed by atoms with Crippen molar-refractivity contribution in [1.29, 1.82) is 0 Å². The van der Waals surface area contributed by atoms with E-state index in [1.165, 1.54) is 0 Å². The number of nitrogens with zero attached hydrogens (tertiary/aromatic N) is 1. The van der Waals surface area contributed by atoms with Crippen LogP contribution < -0.4 is 0 Å². The van der Waals surface area contributed by atoms with Crippen LogP contribution in [0.2, 0.25) is 5.15 Å². The highest BCUT2D eigenvalue weighted by molar-refractivity contribution is 6.31. The van der Waals surface area contributed by atoms with E-state index in [1.807, 2.05) is 32.9 Å². The van der Waals surface area contributed by atoms with Crippen LogP contribution in [0, 0.1) is 20.8 Å². The van der Waals surface area contributed by atoms with E-state index in [4.69, 9.17) is 11.6 Å². The second kappa shape index (κ2) is 6.33. The minimum Gasteiger partial charge on any atom is -0.298 e. The average molecular weight is 340 g/mol. The van der Waals surface area contributed by atoms with Crippen LogP contribution in [0.3, 0.4) is 0 Å². The highest BCUT2D eigenvalue weighted by Gasteiger charge is 2.39. The molecule has 2 aromatic rings. The first-order chi connectivity index (χ1) is 11.4. The maximum absolute atomic E-state index is 12.9. The number of carbonyl (C=O) groups is 2. The van der Waals surface area contributed by atoms with Crippen molar-refractivity contribution in [2.24, 2.45) is 0 Å². The number of carbonyl (C=O) groups excluding carboxylic acids is 2. The van der Waals surface area contributed by atoms with Crippen molar-refractivity contribution in [2.75, 3.05) is 0 Å². The van der Waals surface area contributed by atoms with Gasteiger partial charge in [-0.25, -0.2) is 4.98 Å². The molecule has 3 rings (SSSR count). The van der Waals surface area contributed by atoms with Gasteiger partial charge in [-0.2, -0.15) is 0 Å². The molecule has 1 atom stereocenters. The number of halogens is 1. The molecule has 1 fully saturated rings. The van der Waals surface area contributed by atoms with Crippen LogP contribution in [0.15, 0.2) is 36.0 Å². The monoisotopic (exact) mass is 339 g/mol. The lowest BCUT2D eigenvalue weighted by Gasteiger charge is -2.15. The summed E-state index contributed by atoms with van der Waals surface area (Å²) in [7, 11) is 0. The van der Waals surface area contributed by atoms with Gasteiger partial charge < -0.3 is 0 Å². The van der Waals surface area contributed by atoms with E-state index in [9.17, 15) is 9.59 Å². The summed E-state index contributed by atoms with van der Waals surface area (Å²) in [5.74, 6) is -0.886. The molecule has 1 heterocycles. The van der Waals surface area contributed by atoms with Crippen LogP contribution in [0.25, 0.3) is 6.08 Å². The van der Waals surface area contributed by atoms with Gasteiger partial charge in [-0.05, 0) is 49.6 Å². The molecule has 3 nitrogen and oxygen atoms in total. The van der Waals surface area contributed by atoms with E-state index in [2.05, 4.69) is 4.98 Å². The van der Waals surface area contributed by atoms with Crippen LogP contribution in [0.4, 0.5) is 0 Å². The highest BCUT2D eigenvalue weighted by Crippen LogP contribution is 2.37. The molecule has 0 N–H and O–H groups in total. The third kappa shape index (κ3) is 2.92. The average Bonchev–Trinajstić information content (AvgIpc) is 2.76. The van der Waals surface area contributed by atoms with Gasteiger partial charge in [0.25, 0.3) is 0 Å². The number of rotatable bonds is 2. The lowest BCUT2D eigenvalue weighted by molar-refractivity contribution is -0.123. The lowest BCUT2D eigenvalue weighted by Crippen LogP contribution is -2.15. The van der Waals surface area contributed by atoms with Crippen molar-refractivity contribution in [2.45, 2.75) is 33.1 Å². The fourth-order valence-electron chi connectivity index (χ4n) is 3.46. The predicted octanol–water partition coefficient (Wildman–Crippen LogP) is 4.37. The summed E-state index contributed by atoms with van der Waals surface area (Å²) in [6, 6.07) is 7.58. The molecule has 0 spiro atoms. The fraction of sp³-hybridized carbons (Fsp3) is 0.250. The number of ketones is 2. The van der Waals surface area contributed by atoms with Crippen molar-refractivity contribution in [1.82, 2.24) is 4.98 Å². The number of Topliss-reactive ketones (excluding diaryl/α,β-unsaturated/α-hetero) is 2. The highest BCUT2D eigenvalue weighted by atomic mass is 35.5. The van der Waals surface area contributed by atoms with Crippen LogP contribution in [0.5, 0.6) is 0 Å². The minimum atomic E-state index is -0.702. The molecule has 0 aliphatic heterocycles. The van der Waals surface area contributed by atoms with Gasteiger partial charge in [0.05, 0.1) is 0 Å². The van der Waals surface area contributed by atoms with Gasteiger partial charge in [0.1, 0.15) is 11.1 Å². The Balaban J connectivity index is 2.04. The van der Waals surface area contributed by atoms with Gasteiger partial charge in [-0.3, -0.25) is 9.59 Å². The van der Waals surface area contributed by atoms with Gasteiger partial charge in [-0.15, -0.1) is 0 Å². The molecule has 0 amide bonds. The lowest BCUT2D eigenvalue weighted by atomic mass is 9.87. The largest absolute Gasteiger partial charge is 0.298 e. The molecular weight excluding hydrogens is 322 g/mol. The quantitative estimate of drug-likeness (QED) is 0.463. The molecule has 0 radical (unpaired) electrons. The summed E-state index contributed by atoms with van der Waals surface area (Å²) in [5.41, 5.74) is 5.10. The summed E-state index contributed by atoms with van der Waals surface area (Å²) < 4.78 is 0. The standard InChI is InChI=1S/C20H18ClNO2/c1-11-7-12(2)17(13(3)8-11)18-16(23)10-15(19(18)24)9-14-5-4-6-22-20(14)21/h4-9,18H,10H2,1-3H3/b15-9+. The van der Waals surface area contributed by atoms with Crippen molar-refractivity contribution in [3.63, 3.8) is 0 Å². The Kier molecular flexibility index (Phi) is 4.37. The predicted molar refractivity (Wildman–Crippen MR) is 95.2 cm³/mol. The van der Waals surface area contributed by atoms with Crippen molar-refractivity contribution >= 4 is 29.2 Å². The zero-order valence-corrected chi connectivity index (χ0v) is 14.6. The van der Waals surface area contributed by atoms with Crippen LogP contribution in [0.1, 0.15) is 40.2 Å². The van der Waals surface area contributed by atoms with Crippen LogP contribution in [-0.2, 0) is 9.59 Å². The summed E-state index contributed by atoms with van der Waals surface area (Å²) in [6.07, 6.45) is 3.42. The van der Waals surface area contributed by atoms with Crippen LogP contribution >= 0.6 is 11.6 Å². The van der Waals surface area contributed by atoms with E-state index in [1.54, 1.807) is 24.4 Å². The van der Waals surface area contributed by atoms with E-state index in [-0.39, 0.29) is 18.0 Å². The zero-order valence-electron chi connectivity index (χ0n) is 13.9. The molecule has 1 unspecified atom stereocenters. The Bertz CT molecular complexity index is 860. The number of allylic oxidation sites excluding steroid dienone is 1. The number of benzene rings is 1. The van der Waals surface area contributed by atoms with Gasteiger partial charge in [-0.1, -0.05) is 35.4 Å². The van der Waals surface area contributed by atoms with Gasteiger partial charge >= 0.3 is 0 Å². The second-order valence-corrected chi connectivity index (χ2v) is 6.66. The molecular formula is C20H18ClNO2. The molecule has 1 aromatic heterocycles. The van der Waals surface area contributed by atoms with Gasteiger partial charge in [0.2, 0.25) is 0 Å². The number of pyridine rings is 1. The Morgan fingerprint density at radius 1 is 1.17 bits per heavy atom. The maximum atomic E-state index is 12.9. The first kappa shape index (κ1) is 16.6. The molecule has 1 saturated carbocycles. The first-order valence-corrected chi connectivity index (χ1v) is 8.22. The first-order valence-electron chi connectivity index (χ1n) is 7.84. The number of hydrogen-bond donors (Lipinski definition) is 0. The fourth-order valence-corrected chi connectivity index (χ4v) is 3.64. The summed E-state index contributed by atoms with van der Waals surface area (Å²) in [5, 5.41) is 0.330. The van der Waals surface area contributed by atoms with Crippen molar-refractivity contribution < 1.29 is 9.59 Å². The Hall–Kier alpha value is -2.26. The smallest absolute Gasteiger partial charge is 0.174 e. The van der Waals surface area contributed by atoms with Gasteiger partial charge in [0, 0.05) is 23.8 Å². The Morgan fingerprint density at radius 3 is 2.46 bits per heavy atom. The molecule has 0 bridgehead atoms. The molecule has 1 aliphatic carbocycles. The van der Waals surface area contributed by atoms with Crippen molar-refractivity contribution in [3.8, 4) is 0 Å².